The predicted octanol–water partition coefficient (Wildman–Crippen LogP) is 4.02. The monoisotopic (exact) mass is 400 g/mol. The molecule has 2 rings (SSSR count). The van der Waals surface area contributed by atoms with Crippen molar-refractivity contribution in [2.45, 2.75) is 51.3 Å². The van der Waals surface area contributed by atoms with Crippen molar-refractivity contribution in [3.63, 3.8) is 0 Å². The average Bonchev–Trinajstić information content (AvgIpc) is 2.61. The molecule has 1 aliphatic heterocycles. The third kappa shape index (κ3) is 4.78. The van der Waals surface area contributed by atoms with Crippen LogP contribution in [0.1, 0.15) is 56.8 Å². The van der Waals surface area contributed by atoms with Crippen molar-refractivity contribution in [2.75, 3.05) is 26.2 Å². The molecule has 0 radical (unpaired) electrons. The zero-order valence-corrected chi connectivity index (χ0v) is 17.4. The second kappa shape index (κ2) is 9.20. The molecular formula is C19H29ClN2O3S. The highest BCUT2D eigenvalue weighted by atomic mass is 35.5. The molecule has 1 atom stereocenters. The van der Waals surface area contributed by atoms with Gasteiger partial charge in [-0.25, -0.2) is 8.42 Å². The van der Waals surface area contributed by atoms with E-state index in [9.17, 15) is 13.2 Å². The highest BCUT2D eigenvalue weighted by molar-refractivity contribution is 7.89. The van der Waals surface area contributed by atoms with Gasteiger partial charge in [-0.1, -0.05) is 32.4 Å². The lowest BCUT2D eigenvalue weighted by Crippen LogP contribution is -2.39. The minimum atomic E-state index is -3.70. The van der Waals surface area contributed by atoms with E-state index >= 15 is 0 Å². The number of rotatable bonds is 7. The number of piperidine rings is 1. The van der Waals surface area contributed by atoms with Gasteiger partial charge in [-0.05, 0) is 49.8 Å². The number of benzene rings is 1. The van der Waals surface area contributed by atoms with Crippen LogP contribution in [0, 0.1) is 5.92 Å². The highest BCUT2D eigenvalue weighted by Crippen LogP contribution is 2.29. The predicted molar refractivity (Wildman–Crippen MR) is 105 cm³/mol. The van der Waals surface area contributed by atoms with Crippen molar-refractivity contribution in [1.82, 2.24) is 9.21 Å². The van der Waals surface area contributed by atoms with Crippen LogP contribution in [-0.4, -0.2) is 49.7 Å². The molecular weight excluding hydrogens is 372 g/mol. The Kier molecular flexibility index (Phi) is 7.50. The summed E-state index contributed by atoms with van der Waals surface area (Å²) in [6.07, 6.45) is 3.59. The Labute approximate surface area is 162 Å². The molecule has 1 amide bonds. The van der Waals surface area contributed by atoms with Crippen LogP contribution in [0.4, 0.5) is 0 Å². The van der Waals surface area contributed by atoms with E-state index in [0.717, 1.165) is 25.7 Å². The summed E-state index contributed by atoms with van der Waals surface area (Å²) in [7, 11) is -3.70. The van der Waals surface area contributed by atoms with Gasteiger partial charge in [0.2, 0.25) is 10.0 Å². The molecule has 1 saturated heterocycles. The Balaban J connectivity index is 2.35. The van der Waals surface area contributed by atoms with Gasteiger partial charge in [-0.15, -0.1) is 0 Å². The third-order valence-electron chi connectivity index (χ3n) is 4.69. The first-order valence-electron chi connectivity index (χ1n) is 9.40. The quantitative estimate of drug-likeness (QED) is 0.694. The zero-order valence-electron chi connectivity index (χ0n) is 15.9. The lowest BCUT2D eigenvalue weighted by atomic mass is 10.0. The van der Waals surface area contributed by atoms with Crippen LogP contribution in [0.25, 0.3) is 0 Å². The summed E-state index contributed by atoms with van der Waals surface area (Å²) < 4.78 is 27.6. The molecule has 1 aromatic carbocycles. The van der Waals surface area contributed by atoms with Crippen LogP contribution in [-0.2, 0) is 10.0 Å². The Hall–Kier alpha value is -1.11. The molecule has 146 valence electrons. The Morgan fingerprint density at radius 1 is 1.27 bits per heavy atom. The van der Waals surface area contributed by atoms with Crippen LogP contribution in [0.5, 0.6) is 0 Å². The SMILES string of the molecule is CCCN(CCC)C(=O)c1ccc(Cl)c(S(=O)(=O)N2CCCC(C)C2)c1. The second-order valence-corrected chi connectivity index (χ2v) is 9.36. The van der Waals surface area contributed by atoms with Gasteiger partial charge in [-0.2, -0.15) is 4.31 Å². The van der Waals surface area contributed by atoms with E-state index in [-0.39, 0.29) is 15.8 Å². The summed E-state index contributed by atoms with van der Waals surface area (Å²) in [5.41, 5.74) is 0.375. The largest absolute Gasteiger partial charge is 0.339 e. The lowest BCUT2D eigenvalue weighted by Gasteiger charge is -2.30. The number of hydrogen-bond donors (Lipinski definition) is 0. The molecule has 0 bridgehead atoms. The first-order valence-corrected chi connectivity index (χ1v) is 11.2. The summed E-state index contributed by atoms with van der Waals surface area (Å²) in [4.78, 5) is 14.6. The molecule has 1 heterocycles. The first kappa shape index (κ1) is 21.2. The van der Waals surface area contributed by atoms with Gasteiger partial charge in [0.1, 0.15) is 4.90 Å². The Morgan fingerprint density at radius 2 is 1.92 bits per heavy atom. The van der Waals surface area contributed by atoms with Crippen LogP contribution >= 0.6 is 11.6 Å². The van der Waals surface area contributed by atoms with E-state index in [2.05, 4.69) is 6.92 Å². The fraction of sp³-hybridized carbons (Fsp3) is 0.632. The van der Waals surface area contributed by atoms with Crippen molar-refractivity contribution in [2.24, 2.45) is 5.92 Å². The summed E-state index contributed by atoms with van der Waals surface area (Å²) in [5, 5.41) is 0.164. The zero-order chi connectivity index (χ0) is 19.3. The maximum absolute atomic E-state index is 13.1. The van der Waals surface area contributed by atoms with Gasteiger partial charge >= 0.3 is 0 Å². The second-order valence-electron chi connectivity index (χ2n) is 7.05. The molecule has 1 aromatic rings. The summed E-state index contributed by atoms with van der Waals surface area (Å²) in [6, 6.07) is 4.57. The number of hydrogen-bond acceptors (Lipinski definition) is 3. The lowest BCUT2D eigenvalue weighted by molar-refractivity contribution is 0.0755. The van der Waals surface area contributed by atoms with Crippen LogP contribution in [0.3, 0.4) is 0 Å². The Bertz CT molecular complexity index is 730. The number of carbonyl (C=O) groups is 1. The van der Waals surface area contributed by atoms with Gasteiger partial charge in [0, 0.05) is 31.7 Å². The molecule has 1 unspecified atom stereocenters. The van der Waals surface area contributed by atoms with Crippen molar-refractivity contribution in [3.05, 3.63) is 28.8 Å². The van der Waals surface area contributed by atoms with Gasteiger partial charge in [0.25, 0.3) is 5.91 Å². The Morgan fingerprint density at radius 3 is 2.50 bits per heavy atom. The van der Waals surface area contributed by atoms with Crippen molar-refractivity contribution >= 4 is 27.5 Å². The van der Waals surface area contributed by atoms with Gasteiger partial charge in [-0.3, -0.25) is 4.79 Å². The smallest absolute Gasteiger partial charge is 0.253 e. The number of sulfonamides is 1. The molecule has 0 aliphatic carbocycles. The molecule has 0 spiro atoms. The summed E-state index contributed by atoms with van der Waals surface area (Å²) >= 11 is 6.21. The summed E-state index contributed by atoms with van der Waals surface area (Å²) in [6.45, 7) is 8.39. The van der Waals surface area contributed by atoms with Gasteiger partial charge in [0.15, 0.2) is 0 Å². The van der Waals surface area contributed by atoms with Crippen molar-refractivity contribution in [1.29, 1.82) is 0 Å². The van der Waals surface area contributed by atoms with E-state index in [1.54, 1.807) is 11.0 Å². The van der Waals surface area contributed by atoms with Gasteiger partial charge < -0.3 is 4.90 Å². The molecule has 1 fully saturated rings. The van der Waals surface area contributed by atoms with Crippen LogP contribution < -0.4 is 0 Å². The molecule has 7 heteroatoms. The standard InChI is InChI=1S/C19H29ClN2O3S/c1-4-10-21(11-5-2)19(23)16-8-9-17(20)18(13-16)26(24,25)22-12-6-7-15(3)14-22/h8-9,13,15H,4-7,10-12,14H2,1-3H3. The minimum Gasteiger partial charge on any atom is -0.339 e. The molecule has 1 aliphatic rings. The van der Waals surface area contributed by atoms with E-state index in [0.29, 0.717) is 37.7 Å². The maximum atomic E-state index is 13.1. The molecule has 0 N–H and O–H groups in total. The third-order valence-corrected chi connectivity index (χ3v) is 7.04. The van der Waals surface area contributed by atoms with Crippen molar-refractivity contribution in [3.8, 4) is 0 Å². The van der Waals surface area contributed by atoms with E-state index < -0.39 is 10.0 Å². The van der Waals surface area contributed by atoms with Crippen molar-refractivity contribution < 1.29 is 13.2 Å². The summed E-state index contributed by atoms with van der Waals surface area (Å²) in [5.74, 6) is 0.181. The number of carbonyl (C=O) groups excluding carboxylic acids is 1. The highest BCUT2D eigenvalue weighted by Gasteiger charge is 2.31. The van der Waals surface area contributed by atoms with E-state index in [1.807, 2.05) is 13.8 Å². The molecule has 26 heavy (non-hydrogen) atoms. The molecule has 5 nitrogen and oxygen atoms in total. The van der Waals surface area contributed by atoms with Crippen LogP contribution in [0.2, 0.25) is 5.02 Å². The first-order chi connectivity index (χ1) is 12.3. The number of halogens is 1. The van der Waals surface area contributed by atoms with E-state index in [1.165, 1.54) is 16.4 Å². The maximum Gasteiger partial charge on any atom is 0.253 e. The molecule has 0 aromatic heterocycles. The normalized spacial score (nSPS) is 18.7. The average molecular weight is 401 g/mol. The number of nitrogens with zero attached hydrogens (tertiary/aromatic N) is 2. The fourth-order valence-electron chi connectivity index (χ4n) is 3.38. The van der Waals surface area contributed by atoms with Crippen LogP contribution in [0.15, 0.2) is 23.1 Å². The van der Waals surface area contributed by atoms with E-state index in [4.69, 9.17) is 11.6 Å². The molecule has 0 saturated carbocycles. The topological polar surface area (TPSA) is 57.7 Å². The van der Waals surface area contributed by atoms with Gasteiger partial charge in [0.05, 0.1) is 5.02 Å². The fourth-order valence-corrected chi connectivity index (χ4v) is 5.47. The number of amides is 1. The minimum absolute atomic E-state index is 0.0343.